The minimum atomic E-state index is -0.261. The molecular formula is C24H26ClN5O2S. The number of nitrogens with zero attached hydrogens (tertiary/aromatic N) is 3. The predicted octanol–water partition coefficient (Wildman–Crippen LogP) is 4.63. The topological polar surface area (TPSA) is 88.9 Å². The standard InChI is InChI=1S/C24H26ClN5O2S/c1-4-30-21(14-26-22(31)12-10-18-7-5-6-8-19(18)25)28-29-24(30)33-15-23(32)27-20-11-9-16(2)13-17(20)3/h5-13H,4,14-15H2,1-3H3,(H,26,31)(H,27,32)/b12-10+. The Labute approximate surface area is 202 Å². The molecule has 2 amide bonds. The molecule has 33 heavy (non-hydrogen) atoms. The largest absolute Gasteiger partial charge is 0.345 e. The van der Waals surface area contributed by atoms with Crippen LogP contribution in [0.1, 0.15) is 29.4 Å². The normalized spacial score (nSPS) is 11.0. The summed E-state index contributed by atoms with van der Waals surface area (Å²) in [5.74, 6) is 0.451. The lowest BCUT2D eigenvalue weighted by atomic mass is 10.1. The number of amides is 2. The quantitative estimate of drug-likeness (QED) is 0.342. The van der Waals surface area contributed by atoms with Gasteiger partial charge in [0.05, 0.1) is 12.3 Å². The summed E-state index contributed by atoms with van der Waals surface area (Å²) < 4.78 is 1.88. The first kappa shape index (κ1) is 24.5. The summed E-state index contributed by atoms with van der Waals surface area (Å²) in [6.07, 6.45) is 3.10. The van der Waals surface area contributed by atoms with Crippen molar-refractivity contribution >= 4 is 46.9 Å². The van der Waals surface area contributed by atoms with Crippen molar-refractivity contribution in [2.24, 2.45) is 0 Å². The highest BCUT2D eigenvalue weighted by Crippen LogP contribution is 2.20. The van der Waals surface area contributed by atoms with Crippen LogP contribution in [0.3, 0.4) is 0 Å². The van der Waals surface area contributed by atoms with Crippen LogP contribution in [0.25, 0.3) is 6.08 Å². The molecular weight excluding hydrogens is 458 g/mol. The molecule has 9 heteroatoms. The van der Waals surface area contributed by atoms with Crippen molar-refractivity contribution in [1.82, 2.24) is 20.1 Å². The SMILES string of the molecule is CCn1c(CNC(=O)/C=C/c2ccccc2Cl)nnc1SCC(=O)Nc1ccc(C)cc1C. The summed E-state index contributed by atoms with van der Waals surface area (Å²) in [7, 11) is 0. The van der Waals surface area contributed by atoms with E-state index in [2.05, 4.69) is 20.8 Å². The van der Waals surface area contributed by atoms with E-state index in [1.807, 2.05) is 61.7 Å². The van der Waals surface area contributed by atoms with E-state index in [-0.39, 0.29) is 24.1 Å². The van der Waals surface area contributed by atoms with Gasteiger partial charge >= 0.3 is 0 Å². The molecule has 0 saturated heterocycles. The lowest BCUT2D eigenvalue weighted by Crippen LogP contribution is -2.22. The summed E-state index contributed by atoms with van der Waals surface area (Å²) in [4.78, 5) is 24.6. The second-order valence-corrected chi connectivity index (χ2v) is 8.72. The molecule has 2 N–H and O–H groups in total. The number of aryl methyl sites for hydroxylation is 2. The Kier molecular flexibility index (Phi) is 8.68. The smallest absolute Gasteiger partial charge is 0.244 e. The van der Waals surface area contributed by atoms with Crippen LogP contribution in [-0.2, 0) is 22.7 Å². The molecule has 7 nitrogen and oxygen atoms in total. The fraction of sp³-hybridized carbons (Fsp3) is 0.250. The van der Waals surface area contributed by atoms with Crippen molar-refractivity contribution < 1.29 is 9.59 Å². The maximum Gasteiger partial charge on any atom is 0.244 e. The van der Waals surface area contributed by atoms with Crippen LogP contribution >= 0.6 is 23.4 Å². The van der Waals surface area contributed by atoms with Gasteiger partial charge in [0.15, 0.2) is 11.0 Å². The van der Waals surface area contributed by atoms with E-state index in [0.717, 1.165) is 22.4 Å². The van der Waals surface area contributed by atoms with Crippen LogP contribution in [0.2, 0.25) is 5.02 Å². The average molecular weight is 484 g/mol. The number of halogens is 1. The summed E-state index contributed by atoms with van der Waals surface area (Å²) in [6, 6.07) is 13.2. The summed E-state index contributed by atoms with van der Waals surface area (Å²) in [6.45, 7) is 6.79. The molecule has 3 rings (SSSR count). The Morgan fingerprint density at radius 3 is 2.67 bits per heavy atom. The Bertz CT molecular complexity index is 1180. The van der Waals surface area contributed by atoms with Gasteiger partial charge in [-0.15, -0.1) is 10.2 Å². The van der Waals surface area contributed by atoms with Crippen LogP contribution in [0.4, 0.5) is 5.69 Å². The van der Waals surface area contributed by atoms with Gasteiger partial charge in [-0.05, 0) is 50.1 Å². The van der Waals surface area contributed by atoms with Crippen LogP contribution in [-0.4, -0.2) is 32.3 Å². The summed E-state index contributed by atoms with van der Waals surface area (Å²) in [5.41, 5.74) is 3.74. The highest BCUT2D eigenvalue weighted by atomic mass is 35.5. The zero-order valence-corrected chi connectivity index (χ0v) is 20.3. The monoisotopic (exact) mass is 483 g/mol. The van der Waals surface area contributed by atoms with Gasteiger partial charge in [-0.1, -0.05) is 59.3 Å². The van der Waals surface area contributed by atoms with Gasteiger partial charge in [0, 0.05) is 23.3 Å². The highest BCUT2D eigenvalue weighted by molar-refractivity contribution is 7.99. The third-order valence-electron chi connectivity index (χ3n) is 4.84. The minimum Gasteiger partial charge on any atom is -0.345 e. The minimum absolute atomic E-state index is 0.114. The van der Waals surface area contributed by atoms with E-state index >= 15 is 0 Å². The van der Waals surface area contributed by atoms with E-state index in [4.69, 9.17) is 11.6 Å². The lowest BCUT2D eigenvalue weighted by Gasteiger charge is -2.10. The highest BCUT2D eigenvalue weighted by Gasteiger charge is 2.14. The van der Waals surface area contributed by atoms with E-state index in [9.17, 15) is 9.59 Å². The fourth-order valence-electron chi connectivity index (χ4n) is 3.15. The molecule has 1 aromatic heterocycles. The van der Waals surface area contributed by atoms with Crippen LogP contribution in [0.15, 0.2) is 53.7 Å². The second kappa shape index (κ2) is 11.7. The average Bonchev–Trinajstić information content (AvgIpc) is 3.19. The van der Waals surface area contributed by atoms with Crippen LogP contribution < -0.4 is 10.6 Å². The third-order valence-corrected chi connectivity index (χ3v) is 6.15. The van der Waals surface area contributed by atoms with Crippen LogP contribution in [0, 0.1) is 13.8 Å². The Morgan fingerprint density at radius 1 is 1.15 bits per heavy atom. The number of nitrogens with one attached hydrogen (secondary N) is 2. The molecule has 0 unspecified atom stereocenters. The maximum atomic E-state index is 12.4. The number of carbonyl (C=O) groups is 2. The second-order valence-electron chi connectivity index (χ2n) is 7.37. The Morgan fingerprint density at radius 2 is 1.94 bits per heavy atom. The van der Waals surface area contributed by atoms with Crippen molar-refractivity contribution in [3.63, 3.8) is 0 Å². The van der Waals surface area contributed by atoms with Gasteiger partial charge < -0.3 is 15.2 Å². The maximum absolute atomic E-state index is 12.4. The number of hydrogen-bond donors (Lipinski definition) is 2. The lowest BCUT2D eigenvalue weighted by molar-refractivity contribution is -0.116. The van der Waals surface area contributed by atoms with Gasteiger partial charge in [0.2, 0.25) is 11.8 Å². The van der Waals surface area contributed by atoms with Crippen LogP contribution in [0.5, 0.6) is 0 Å². The van der Waals surface area contributed by atoms with E-state index < -0.39 is 0 Å². The molecule has 0 aliphatic rings. The summed E-state index contributed by atoms with van der Waals surface area (Å²) >= 11 is 7.41. The molecule has 172 valence electrons. The number of anilines is 1. The van der Waals surface area contributed by atoms with E-state index in [0.29, 0.717) is 22.5 Å². The van der Waals surface area contributed by atoms with Crippen molar-refractivity contribution in [2.75, 3.05) is 11.1 Å². The molecule has 0 aliphatic heterocycles. The molecule has 0 saturated carbocycles. The van der Waals surface area contributed by atoms with Crippen molar-refractivity contribution in [2.45, 2.75) is 39.0 Å². The third kappa shape index (κ3) is 6.94. The molecule has 0 spiro atoms. The van der Waals surface area contributed by atoms with Crippen molar-refractivity contribution in [3.05, 3.63) is 76.1 Å². The Hall–Kier alpha value is -3.10. The zero-order chi connectivity index (χ0) is 23.8. The first-order valence-corrected chi connectivity index (χ1v) is 11.9. The Balaban J connectivity index is 1.54. The number of benzene rings is 2. The number of carbonyl (C=O) groups excluding carboxylic acids is 2. The molecule has 0 radical (unpaired) electrons. The van der Waals surface area contributed by atoms with E-state index in [1.54, 1.807) is 12.1 Å². The first-order chi connectivity index (χ1) is 15.9. The zero-order valence-electron chi connectivity index (χ0n) is 18.8. The molecule has 3 aromatic rings. The first-order valence-electron chi connectivity index (χ1n) is 10.5. The summed E-state index contributed by atoms with van der Waals surface area (Å²) in [5, 5.41) is 15.3. The number of aromatic nitrogens is 3. The molecule has 0 fully saturated rings. The molecule has 2 aromatic carbocycles. The van der Waals surface area contributed by atoms with Gasteiger partial charge in [0.1, 0.15) is 0 Å². The predicted molar refractivity (Wildman–Crippen MR) is 133 cm³/mol. The van der Waals surface area contributed by atoms with Crippen molar-refractivity contribution in [1.29, 1.82) is 0 Å². The van der Waals surface area contributed by atoms with Gasteiger partial charge in [0.25, 0.3) is 0 Å². The number of rotatable bonds is 9. The number of thioether (sulfide) groups is 1. The molecule has 0 aliphatic carbocycles. The van der Waals surface area contributed by atoms with Crippen molar-refractivity contribution in [3.8, 4) is 0 Å². The molecule has 0 atom stereocenters. The molecule has 1 heterocycles. The number of hydrogen-bond acceptors (Lipinski definition) is 5. The van der Waals surface area contributed by atoms with Gasteiger partial charge in [-0.2, -0.15) is 0 Å². The van der Waals surface area contributed by atoms with Gasteiger partial charge in [-0.3, -0.25) is 9.59 Å². The van der Waals surface area contributed by atoms with E-state index in [1.165, 1.54) is 17.8 Å². The molecule has 0 bridgehead atoms. The van der Waals surface area contributed by atoms with Gasteiger partial charge in [-0.25, -0.2) is 0 Å². The fourth-order valence-corrected chi connectivity index (χ4v) is 4.17.